The lowest BCUT2D eigenvalue weighted by molar-refractivity contribution is -0.114. The lowest BCUT2D eigenvalue weighted by atomic mass is 10.1. The molecule has 0 saturated heterocycles. The monoisotopic (exact) mass is 279 g/mol. The van der Waals surface area contributed by atoms with Gasteiger partial charge in [-0.15, -0.1) is 0 Å². The van der Waals surface area contributed by atoms with Crippen LogP contribution < -0.4 is 4.90 Å². The molecule has 0 saturated carbocycles. The number of nitrogens with zero attached hydrogens (tertiary/aromatic N) is 1. The highest BCUT2D eigenvalue weighted by molar-refractivity contribution is 6.53. The molecule has 104 valence electrons. The molecule has 0 N–H and O–H groups in total. The van der Waals surface area contributed by atoms with Gasteiger partial charge in [0, 0.05) is 5.56 Å². The van der Waals surface area contributed by atoms with E-state index >= 15 is 0 Å². The van der Waals surface area contributed by atoms with Gasteiger partial charge in [-0.05, 0) is 18.6 Å². The topological polar surface area (TPSA) is 54.5 Å². The first-order chi connectivity index (χ1) is 10.1. The van der Waals surface area contributed by atoms with Crippen LogP contribution in [-0.2, 0) is 4.79 Å². The molecule has 0 unspecified atom stereocenters. The minimum absolute atomic E-state index is 0.119. The Labute approximate surface area is 122 Å². The molecule has 0 atom stereocenters. The summed E-state index contributed by atoms with van der Waals surface area (Å²) in [5, 5.41) is 0. The van der Waals surface area contributed by atoms with E-state index in [1.54, 1.807) is 36.4 Å². The molecule has 2 aromatic rings. The van der Waals surface area contributed by atoms with E-state index in [1.165, 1.54) is 4.90 Å². The number of para-hydroxylation sites is 1. The van der Waals surface area contributed by atoms with Crippen molar-refractivity contribution in [3.05, 3.63) is 65.2 Å². The molecule has 1 aliphatic rings. The number of Topliss-reactive ketones (excluding diaryl/α,β-unsaturated/α-hetero) is 2. The molecule has 4 heteroatoms. The summed E-state index contributed by atoms with van der Waals surface area (Å²) in [6.07, 6.45) is 0. The predicted molar refractivity (Wildman–Crippen MR) is 78.6 cm³/mol. The largest absolute Gasteiger partial charge is 0.299 e. The number of rotatable bonds is 3. The number of aryl methyl sites for hydroxylation is 1. The number of carbonyl (C=O) groups excluding carboxylic acids is 3. The van der Waals surface area contributed by atoms with Crippen molar-refractivity contribution in [2.24, 2.45) is 0 Å². The summed E-state index contributed by atoms with van der Waals surface area (Å²) in [5.41, 5.74) is 2.27. The van der Waals surface area contributed by atoms with Crippen LogP contribution >= 0.6 is 0 Å². The molecule has 1 aliphatic heterocycles. The number of hydrogen-bond donors (Lipinski definition) is 0. The third-order valence-corrected chi connectivity index (χ3v) is 3.59. The van der Waals surface area contributed by atoms with E-state index in [2.05, 4.69) is 0 Å². The lowest BCUT2D eigenvalue weighted by Crippen LogP contribution is -2.35. The number of anilines is 1. The van der Waals surface area contributed by atoms with Gasteiger partial charge in [0.05, 0.1) is 17.8 Å². The molecule has 1 amide bonds. The third kappa shape index (κ3) is 2.14. The Morgan fingerprint density at radius 3 is 2.43 bits per heavy atom. The molecule has 0 radical (unpaired) electrons. The molecule has 0 bridgehead atoms. The van der Waals surface area contributed by atoms with Crippen molar-refractivity contribution in [3.63, 3.8) is 0 Å². The summed E-state index contributed by atoms with van der Waals surface area (Å²) in [4.78, 5) is 37.6. The van der Waals surface area contributed by atoms with E-state index in [9.17, 15) is 14.4 Å². The van der Waals surface area contributed by atoms with Crippen LogP contribution in [0.25, 0.3) is 0 Å². The van der Waals surface area contributed by atoms with Gasteiger partial charge >= 0.3 is 0 Å². The zero-order valence-corrected chi connectivity index (χ0v) is 11.5. The Balaban J connectivity index is 1.96. The first-order valence-electron chi connectivity index (χ1n) is 6.63. The quantitative estimate of drug-likeness (QED) is 0.640. The van der Waals surface area contributed by atoms with Crippen molar-refractivity contribution in [3.8, 4) is 0 Å². The first kappa shape index (κ1) is 13.2. The van der Waals surface area contributed by atoms with E-state index < -0.39 is 11.7 Å². The normalized spacial score (nSPS) is 13.5. The van der Waals surface area contributed by atoms with Crippen molar-refractivity contribution in [1.29, 1.82) is 0 Å². The lowest BCUT2D eigenvalue weighted by Gasteiger charge is -2.17. The number of amides is 1. The summed E-state index contributed by atoms with van der Waals surface area (Å²) in [6.45, 7) is 1.71. The van der Waals surface area contributed by atoms with E-state index in [4.69, 9.17) is 0 Å². The highest BCUT2D eigenvalue weighted by atomic mass is 16.2. The van der Waals surface area contributed by atoms with Crippen LogP contribution in [0.5, 0.6) is 0 Å². The van der Waals surface area contributed by atoms with Crippen LogP contribution in [0.1, 0.15) is 26.3 Å². The number of carbonyl (C=O) groups is 3. The van der Waals surface area contributed by atoms with Gasteiger partial charge in [-0.1, -0.05) is 42.5 Å². The number of benzene rings is 2. The Morgan fingerprint density at radius 2 is 1.71 bits per heavy atom. The molecule has 2 aromatic carbocycles. The fraction of sp³-hybridized carbons (Fsp3) is 0.118. The molecule has 0 spiro atoms. The van der Waals surface area contributed by atoms with Gasteiger partial charge in [0.15, 0.2) is 5.78 Å². The van der Waals surface area contributed by atoms with Crippen molar-refractivity contribution >= 4 is 23.2 Å². The fourth-order valence-corrected chi connectivity index (χ4v) is 2.55. The van der Waals surface area contributed by atoms with Crippen LogP contribution in [0.4, 0.5) is 5.69 Å². The molecule has 1 heterocycles. The number of hydrogen-bond acceptors (Lipinski definition) is 3. The minimum Gasteiger partial charge on any atom is -0.297 e. The summed E-state index contributed by atoms with van der Waals surface area (Å²) in [5.74, 6) is -1.37. The summed E-state index contributed by atoms with van der Waals surface area (Å²) < 4.78 is 0. The second-order valence-corrected chi connectivity index (χ2v) is 4.98. The molecule has 0 fully saturated rings. The van der Waals surface area contributed by atoms with E-state index in [0.29, 0.717) is 16.8 Å². The minimum atomic E-state index is -0.636. The van der Waals surface area contributed by atoms with Crippen LogP contribution in [0, 0.1) is 6.92 Å². The average Bonchev–Trinajstić information content (AvgIpc) is 2.74. The predicted octanol–water partition coefficient (Wildman–Crippen LogP) is 2.41. The highest BCUT2D eigenvalue weighted by Crippen LogP contribution is 2.32. The number of fused-ring (bicyclic) bond motifs is 1. The SMILES string of the molecule is Cc1cccc2c1N(CC(=O)c1ccccc1)C(=O)C2=O. The molecule has 4 nitrogen and oxygen atoms in total. The van der Waals surface area contributed by atoms with Crippen LogP contribution in [-0.4, -0.2) is 24.0 Å². The third-order valence-electron chi connectivity index (χ3n) is 3.59. The van der Waals surface area contributed by atoms with Gasteiger partial charge in [-0.25, -0.2) is 0 Å². The second kappa shape index (κ2) is 4.98. The molecule has 0 aliphatic carbocycles. The maximum atomic E-state index is 12.3. The van der Waals surface area contributed by atoms with Crippen LogP contribution in [0.2, 0.25) is 0 Å². The van der Waals surface area contributed by atoms with Gasteiger partial charge in [0.1, 0.15) is 0 Å². The van der Waals surface area contributed by atoms with Gasteiger partial charge in [0.2, 0.25) is 0 Å². The Morgan fingerprint density at radius 1 is 1.00 bits per heavy atom. The van der Waals surface area contributed by atoms with Gasteiger partial charge in [-0.3, -0.25) is 19.3 Å². The molecule has 0 aromatic heterocycles. The zero-order chi connectivity index (χ0) is 15.0. The second-order valence-electron chi connectivity index (χ2n) is 4.98. The van der Waals surface area contributed by atoms with Gasteiger partial charge in [-0.2, -0.15) is 0 Å². The fourth-order valence-electron chi connectivity index (χ4n) is 2.55. The van der Waals surface area contributed by atoms with E-state index in [0.717, 1.165) is 5.56 Å². The Bertz CT molecular complexity index is 750. The first-order valence-corrected chi connectivity index (χ1v) is 6.63. The van der Waals surface area contributed by atoms with Crippen molar-refractivity contribution in [1.82, 2.24) is 0 Å². The molecule has 3 rings (SSSR count). The smallest absolute Gasteiger partial charge is 0.297 e. The Kier molecular flexibility index (Phi) is 3.14. The highest BCUT2D eigenvalue weighted by Gasteiger charge is 2.37. The van der Waals surface area contributed by atoms with Crippen molar-refractivity contribution in [2.75, 3.05) is 11.4 Å². The molecule has 21 heavy (non-hydrogen) atoms. The summed E-state index contributed by atoms with van der Waals surface area (Å²) in [7, 11) is 0. The van der Waals surface area contributed by atoms with E-state index in [-0.39, 0.29) is 12.3 Å². The molecular formula is C17H13NO3. The number of ketones is 2. The summed E-state index contributed by atoms with van der Waals surface area (Å²) in [6, 6.07) is 13.9. The Hall–Kier alpha value is -2.75. The van der Waals surface area contributed by atoms with E-state index in [1.807, 2.05) is 19.1 Å². The van der Waals surface area contributed by atoms with Gasteiger partial charge in [0.25, 0.3) is 11.7 Å². The average molecular weight is 279 g/mol. The van der Waals surface area contributed by atoms with Crippen LogP contribution in [0.15, 0.2) is 48.5 Å². The summed E-state index contributed by atoms with van der Waals surface area (Å²) >= 11 is 0. The molecular weight excluding hydrogens is 266 g/mol. The van der Waals surface area contributed by atoms with Crippen LogP contribution in [0.3, 0.4) is 0 Å². The zero-order valence-electron chi connectivity index (χ0n) is 11.5. The maximum Gasteiger partial charge on any atom is 0.299 e. The van der Waals surface area contributed by atoms with Crippen molar-refractivity contribution in [2.45, 2.75) is 6.92 Å². The van der Waals surface area contributed by atoms with Crippen molar-refractivity contribution < 1.29 is 14.4 Å². The maximum absolute atomic E-state index is 12.3. The van der Waals surface area contributed by atoms with Gasteiger partial charge < -0.3 is 0 Å². The standard InChI is InChI=1S/C17H13NO3/c1-11-6-5-9-13-15(11)18(17(21)16(13)20)10-14(19)12-7-3-2-4-8-12/h2-9H,10H2,1H3.